The number of rotatable bonds is 6. The molecule has 21 heavy (non-hydrogen) atoms. The van der Waals surface area contributed by atoms with Gasteiger partial charge in [0.25, 0.3) is 0 Å². The zero-order chi connectivity index (χ0) is 15.2. The Balaban J connectivity index is 2.09. The zero-order valence-corrected chi connectivity index (χ0v) is 13.7. The number of halogens is 2. The van der Waals surface area contributed by atoms with Crippen molar-refractivity contribution in [3.8, 4) is 5.75 Å². The largest absolute Gasteiger partial charge is 0.497 e. The standard InChI is InChI=1S/C17H19Cl2NO/c1-20-15(8-12-4-3-5-16(9-12)21-2)10-13-6-7-14(18)11-17(13)19/h3-7,9,11,15,20H,8,10H2,1-2H3. The average Bonchev–Trinajstić information content (AvgIpc) is 2.49. The first-order valence-corrected chi connectivity index (χ1v) is 7.62. The van der Waals surface area contributed by atoms with Crippen molar-refractivity contribution in [3.63, 3.8) is 0 Å². The van der Waals surface area contributed by atoms with Crippen LogP contribution in [0.4, 0.5) is 0 Å². The minimum absolute atomic E-state index is 0.302. The van der Waals surface area contributed by atoms with Crippen LogP contribution in [0.5, 0.6) is 5.75 Å². The van der Waals surface area contributed by atoms with Crippen molar-refractivity contribution in [2.24, 2.45) is 0 Å². The molecule has 0 saturated heterocycles. The molecule has 112 valence electrons. The molecule has 1 atom stereocenters. The SMILES string of the molecule is CNC(Cc1cccc(OC)c1)Cc1ccc(Cl)cc1Cl. The number of hydrogen-bond acceptors (Lipinski definition) is 2. The van der Waals surface area contributed by atoms with Crippen LogP contribution in [0, 0.1) is 0 Å². The molecule has 0 heterocycles. The Kier molecular flexibility index (Phi) is 5.92. The maximum absolute atomic E-state index is 6.25. The Morgan fingerprint density at radius 1 is 1.10 bits per heavy atom. The fraction of sp³-hybridized carbons (Fsp3) is 0.294. The van der Waals surface area contributed by atoms with Gasteiger partial charge in [-0.15, -0.1) is 0 Å². The second-order valence-corrected chi connectivity index (χ2v) is 5.82. The Morgan fingerprint density at radius 2 is 1.90 bits per heavy atom. The molecule has 0 aliphatic rings. The lowest BCUT2D eigenvalue weighted by atomic mass is 9.99. The molecule has 0 saturated carbocycles. The molecule has 2 aromatic rings. The number of nitrogens with one attached hydrogen (secondary N) is 1. The molecule has 2 nitrogen and oxygen atoms in total. The topological polar surface area (TPSA) is 21.3 Å². The fourth-order valence-electron chi connectivity index (χ4n) is 2.31. The first-order valence-electron chi connectivity index (χ1n) is 6.86. The number of benzene rings is 2. The van der Waals surface area contributed by atoms with Crippen LogP contribution in [-0.4, -0.2) is 20.2 Å². The molecular weight excluding hydrogens is 305 g/mol. The zero-order valence-electron chi connectivity index (χ0n) is 12.2. The van der Waals surface area contributed by atoms with Crippen LogP contribution in [0.15, 0.2) is 42.5 Å². The van der Waals surface area contributed by atoms with Crippen molar-refractivity contribution < 1.29 is 4.74 Å². The van der Waals surface area contributed by atoms with E-state index in [1.165, 1.54) is 5.56 Å². The molecule has 0 amide bonds. The minimum atomic E-state index is 0.302. The van der Waals surface area contributed by atoms with E-state index in [1.54, 1.807) is 13.2 Å². The number of methoxy groups -OCH3 is 1. The van der Waals surface area contributed by atoms with Crippen molar-refractivity contribution >= 4 is 23.2 Å². The van der Waals surface area contributed by atoms with Gasteiger partial charge >= 0.3 is 0 Å². The predicted octanol–water partition coefficient (Wildman–Crippen LogP) is 4.38. The Labute approximate surface area is 136 Å². The first-order chi connectivity index (χ1) is 10.1. The van der Waals surface area contributed by atoms with Crippen LogP contribution in [0.2, 0.25) is 10.0 Å². The van der Waals surface area contributed by atoms with Gasteiger partial charge in [0.2, 0.25) is 0 Å². The Hall–Kier alpha value is -1.22. The van der Waals surface area contributed by atoms with Gasteiger partial charge in [-0.1, -0.05) is 41.4 Å². The molecule has 0 bridgehead atoms. The number of likely N-dealkylation sites (N-methyl/N-ethyl adjacent to an activating group) is 1. The van der Waals surface area contributed by atoms with E-state index in [9.17, 15) is 0 Å². The summed E-state index contributed by atoms with van der Waals surface area (Å²) >= 11 is 12.2. The highest BCUT2D eigenvalue weighted by Crippen LogP contribution is 2.23. The minimum Gasteiger partial charge on any atom is -0.497 e. The number of hydrogen-bond donors (Lipinski definition) is 1. The molecule has 0 spiro atoms. The summed E-state index contributed by atoms with van der Waals surface area (Å²) in [7, 11) is 3.65. The summed E-state index contributed by atoms with van der Waals surface area (Å²) in [6, 6.07) is 14.1. The maximum atomic E-state index is 6.25. The normalized spacial score (nSPS) is 12.2. The summed E-state index contributed by atoms with van der Waals surface area (Å²) in [5.41, 5.74) is 2.34. The quantitative estimate of drug-likeness (QED) is 0.852. The van der Waals surface area contributed by atoms with Gasteiger partial charge in [-0.3, -0.25) is 0 Å². The second kappa shape index (κ2) is 7.69. The maximum Gasteiger partial charge on any atom is 0.119 e. The van der Waals surface area contributed by atoms with Crippen LogP contribution >= 0.6 is 23.2 Å². The van der Waals surface area contributed by atoms with Gasteiger partial charge in [0.05, 0.1) is 7.11 Å². The summed E-state index contributed by atoms with van der Waals surface area (Å²) in [6.07, 6.45) is 1.76. The van der Waals surface area contributed by atoms with Crippen LogP contribution in [0.1, 0.15) is 11.1 Å². The van der Waals surface area contributed by atoms with E-state index in [4.69, 9.17) is 27.9 Å². The summed E-state index contributed by atoms with van der Waals surface area (Å²) in [5, 5.41) is 4.73. The summed E-state index contributed by atoms with van der Waals surface area (Å²) < 4.78 is 5.26. The molecule has 0 aliphatic heterocycles. The third-order valence-electron chi connectivity index (χ3n) is 3.51. The average molecular weight is 324 g/mol. The van der Waals surface area contributed by atoms with Crippen molar-refractivity contribution in [2.75, 3.05) is 14.2 Å². The van der Waals surface area contributed by atoms with Crippen molar-refractivity contribution in [3.05, 3.63) is 63.6 Å². The van der Waals surface area contributed by atoms with E-state index < -0.39 is 0 Å². The van der Waals surface area contributed by atoms with Crippen molar-refractivity contribution in [1.82, 2.24) is 5.32 Å². The van der Waals surface area contributed by atoms with Gasteiger partial charge in [-0.25, -0.2) is 0 Å². The van der Waals surface area contributed by atoms with E-state index in [1.807, 2.05) is 31.3 Å². The monoisotopic (exact) mass is 323 g/mol. The molecule has 4 heteroatoms. The highest BCUT2D eigenvalue weighted by molar-refractivity contribution is 6.35. The fourth-order valence-corrected chi connectivity index (χ4v) is 2.80. The molecule has 0 fully saturated rings. The predicted molar refractivity (Wildman–Crippen MR) is 89.7 cm³/mol. The van der Waals surface area contributed by atoms with Crippen LogP contribution in [0.3, 0.4) is 0 Å². The second-order valence-electron chi connectivity index (χ2n) is 4.98. The van der Waals surface area contributed by atoms with E-state index in [2.05, 4.69) is 17.4 Å². The van der Waals surface area contributed by atoms with E-state index >= 15 is 0 Å². The molecule has 0 aliphatic carbocycles. The van der Waals surface area contributed by atoms with Gasteiger partial charge < -0.3 is 10.1 Å². The smallest absolute Gasteiger partial charge is 0.119 e. The number of ether oxygens (including phenoxy) is 1. The van der Waals surface area contributed by atoms with Crippen LogP contribution in [0.25, 0.3) is 0 Å². The Morgan fingerprint density at radius 3 is 2.57 bits per heavy atom. The lowest BCUT2D eigenvalue weighted by molar-refractivity contribution is 0.414. The molecule has 0 aromatic heterocycles. The lowest BCUT2D eigenvalue weighted by Gasteiger charge is -2.17. The first kappa shape index (κ1) is 16.2. The van der Waals surface area contributed by atoms with Crippen LogP contribution < -0.4 is 10.1 Å². The summed E-state index contributed by atoms with van der Waals surface area (Å²) in [6.45, 7) is 0. The molecule has 0 radical (unpaired) electrons. The van der Waals surface area contributed by atoms with Gasteiger partial charge in [0.1, 0.15) is 5.75 Å². The van der Waals surface area contributed by atoms with Gasteiger partial charge in [0, 0.05) is 16.1 Å². The van der Waals surface area contributed by atoms with E-state index in [-0.39, 0.29) is 0 Å². The van der Waals surface area contributed by atoms with Gasteiger partial charge in [0.15, 0.2) is 0 Å². The molecular formula is C17H19Cl2NO. The third-order valence-corrected chi connectivity index (χ3v) is 4.09. The Bertz CT molecular complexity index is 601. The van der Waals surface area contributed by atoms with Crippen molar-refractivity contribution in [2.45, 2.75) is 18.9 Å². The van der Waals surface area contributed by atoms with E-state index in [0.717, 1.165) is 24.2 Å². The highest BCUT2D eigenvalue weighted by Gasteiger charge is 2.11. The molecule has 1 N–H and O–H groups in total. The molecule has 1 unspecified atom stereocenters. The van der Waals surface area contributed by atoms with Gasteiger partial charge in [-0.05, 0) is 55.3 Å². The summed E-state index contributed by atoms with van der Waals surface area (Å²) in [4.78, 5) is 0. The molecule has 2 rings (SSSR count). The lowest BCUT2D eigenvalue weighted by Crippen LogP contribution is -2.30. The van der Waals surface area contributed by atoms with Crippen LogP contribution in [-0.2, 0) is 12.8 Å². The molecule has 2 aromatic carbocycles. The highest BCUT2D eigenvalue weighted by atomic mass is 35.5. The van der Waals surface area contributed by atoms with E-state index in [0.29, 0.717) is 16.1 Å². The van der Waals surface area contributed by atoms with Gasteiger partial charge in [-0.2, -0.15) is 0 Å². The third kappa shape index (κ3) is 4.63. The summed E-state index contributed by atoms with van der Waals surface area (Å²) in [5.74, 6) is 0.881. The van der Waals surface area contributed by atoms with Crippen molar-refractivity contribution in [1.29, 1.82) is 0 Å².